The summed E-state index contributed by atoms with van der Waals surface area (Å²) in [7, 11) is 2.20. The van der Waals surface area contributed by atoms with Gasteiger partial charge in [-0.2, -0.15) is 0 Å². The molecule has 0 saturated carbocycles. The fourth-order valence-electron chi connectivity index (χ4n) is 5.18. The van der Waals surface area contributed by atoms with E-state index in [2.05, 4.69) is 11.9 Å². The molecule has 2 bridgehead atoms. The highest BCUT2D eigenvalue weighted by Gasteiger charge is 2.44. The standard InChI is InChI=1S/C21H22N2O2/c1-22-14-7-4-8-15(22)12-16(11-14)23-20(24)17-9-2-5-13-6-3-10-18(19(13)17)21(23)25/h2-3,5-6,9-10,14-16H,4,7-8,11-12H2,1H3/t14-,15+,16-. The Morgan fingerprint density at radius 2 is 1.40 bits per heavy atom. The SMILES string of the molecule is CN1[C@@H]2CCC[C@H]1C[C@H](N1C(=O)c3cccc4cccc(c34)C1=O)C2. The van der Waals surface area contributed by atoms with Gasteiger partial charge < -0.3 is 4.90 Å². The Morgan fingerprint density at radius 3 is 1.96 bits per heavy atom. The molecule has 0 N–H and O–H groups in total. The first-order chi connectivity index (χ1) is 12.1. The van der Waals surface area contributed by atoms with Gasteiger partial charge in [-0.15, -0.1) is 0 Å². The third kappa shape index (κ3) is 2.10. The van der Waals surface area contributed by atoms with Gasteiger partial charge in [0.25, 0.3) is 11.8 Å². The summed E-state index contributed by atoms with van der Waals surface area (Å²) in [6.45, 7) is 0. The molecule has 128 valence electrons. The van der Waals surface area contributed by atoms with Crippen LogP contribution in [0.5, 0.6) is 0 Å². The van der Waals surface area contributed by atoms with E-state index in [1.165, 1.54) is 19.3 Å². The minimum atomic E-state index is -0.109. The second kappa shape index (κ2) is 5.40. The molecule has 3 aliphatic rings. The van der Waals surface area contributed by atoms with Gasteiger partial charge in [0, 0.05) is 34.6 Å². The van der Waals surface area contributed by atoms with Crippen molar-refractivity contribution in [1.29, 1.82) is 0 Å². The third-order valence-corrected chi connectivity index (χ3v) is 6.48. The predicted octanol–water partition coefficient (Wildman–Crippen LogP) is 3.45. The molecule has 4 nitrogen and oxygen atoms in total. The van der Waals surface area contributed by atoms with Crippen molar-refractivity contribution in [3.05, 3.63) is 47.5 Å². The maximum absolute atomic E-state index is 13.2. The van der Waals surface area contributed by atoms with Crippen LogP contribution in [0.2, 0.25) is 0 Å². The van der Waals surface area contributed by atoms with E-state index in [-0.39, 0.29) is 17.9 Å². The molecule has 3 heterocycles. The largest absolute Gasteiger partial charge is 0.300 e. The molecule has 0 spiro atoms. The van der Waals surface area contributed by atoms with E-state index < -0.39 is 0 Å². The minimum absolute atomic E-state index is 0.0233. The van der Waals surface area contributed by atoms with Gasteiger partial charge >= 0.3 is 0 Å². The highest BCUT2D eigenvalue weighted by Crippen LogP contribution is 2.38. The maximum atomic E-state index is 13.2. The highest BCUT2D eigenvalue weighted by molar-refractivity contribution is 6.25. The molecule has 0 unspecified atom stereocenters. The predicted molar refractivity (Wildman–Crippen MR) is 96.7 cm³/mol. The molecule has 0 aromatic heterocycles. The number of benzene rings is 2. The summed E-state index contributed by atoms with van der Waals surface area (Å²) < 4.78 is 0. The lowest BCUT2D eigenvalue weighted by atomic mass is 9.80. The molecule has 2 aromatic rings. The van der Waals surface area contributed by atoms with Gasteiger partial charge in [-0.05, 0) is 50.2 Å². The minimum Gasteiger partial charge on any atom is -0.300 e. The molecule has 25 heavy (non-hydrogen) atoms. The van der Waals surface area contributed by atoms with Gasteiger partial charge in [0.1, 0.15) is 0 Å². The Hall–Kier alpha value is -2.20. The first kappa shape index (κ1) is 15.1. The summed E-state index contributed by atoms with van der Waals surface area (Å²) >= 11 is 0. The van der Waals surface area contributed by atoms with Crippen LogP contribution in [-0.2, 0) is 0 Å². The molecule has 2 aromatic carbocycles. The molecule has 3 aliphatic heterocycles. The Morgan fingerprint density at radius 1 is 0.840 bits per heavy atom. The van der Waals surface area contributed by atoms with Crippen LogP contribution in [0.25, 0.3) is 10.8 Å². The number of nitrogens with zero attached hydrogens (tertiary/aromatic N) is 2. The topological polar surface area (TPSA) is 40.6 Å². The zero-order valence-corrected chi connectivity index (χ0v) is 14.4. The van der Waals surface area contributed by atoms with Gasteiger partial charge in [0.05, 0.1) is 0 Å². The van der Waals surface area contributed by atoms with Crippen molar-refractivity contribution in [2.75, 3.05) is 7.05 Å². The molecule has 2 saturated heterocycles. The van der Waals surface area contributed by atoms with Crippen molar-refractivity contribution in [2.45, 2.75) is 50.2 Å². The molecular weight excluding hydrogens is 312 g/mol. The number of imide groups is 1. The van der Waals surface area contributed by atoms with Crippen LogP contribution in [0.3, 0.4) is 0 Å². The Bertz CT molecular complexity index is 826. The molecule has 3 atom stereocenters. The number of fused-ring (bicyclic) bond motifs is 2. The van der Waals surface area contributed by atoms with E-state index in [1.54, 1.807) is 4.90 Å². The molecular formula is C21H22N2O2. The van der Waals surface area contributed by atoms with Gasteiger partial charge in [0.15, 0.2) is 0 Å². The van der Waals surface area contributed by atoms with Crippen LogP contribution < -0.4 is 0 Å². The van der Waals surface area contributed by atoms with Crippen molar-refractivity contribution in [3.63, 3.8) is 0 Å². The van der Waals surface area contributed by atoms with E-state index in [9.17, 15) is 9.59 Å². The number of carbonyl (C=O) groups is 2. The van der Waals surface area contributed by atoms with E-state index in [0.29, 0.717) is 23.2 Å². The van der Waals surface area contributed by atoms with Crippen molar-refractivity contribution < 1.29 is 9.59 Å². The number of hydrogen-bond acceptors (Lipinski definition) is 3. The zero-order valence-electron chi connectivity index (χ0n) is 14.4. The second-order valence-corrected chi connectivity index (χ2v) is 7.72. The molecule has 2 amide bonds. The van der Waals surface area contributed by atoms with Gasteiger partial charge in [-0.25, -0.2) is 0 Å². The van der Waals surface area contributed by atoms with Gasteiger partial charge in [-0.3, -0.25) is 14.5 Å². The summed E-state index contributed by atoms with van der Waals surface area (Å²) in [4.78, 5) is 30.5. The zero-order chi connectivity index (χ0) is 17.1. The average Bonchev–Trinajstić information content (AvgIpc) is 2.60. The van der Waals surface area contributed by atoms with Crippen LogP contribution in [0, 0.1) is 0 Å². The van der Waals surface area contributed by atoms with Gasteiger partial charge in [0.2, 0.25) is 0 Å². The second-order valence-electron chi connectivity index (χ2n) is 7.72. The van der Waals surface area contributed by atoms with E-state index in [4.69, 9.17) is 0 Å². The molecule has 2 fully saturated rings. The molecule has 4 heteroatoms. The maximum Gasteiger partial charge on any atom is 0.261 e. The van der Waals surface area contributed by atoms with E-state index >= 15 is 0 Å². The summed E-state index contributed by atoms with van der Waals surface area (Å²) in [5.74, 6) is -0.219. The Balaban J connectivity index is 1.58. The monoisotopic (exact) mass is 334 g/mol. The van der Waals surface area contributed by atoms with Crippen molar-refractivity contribution in [2.24, 2.45) is 0 Å². The van der Waals surface area contributed by atoms with Crippen molar-refractivity contribution >= 4 is 22.6 Å². The molecule has 0 aliphatic carbocycles. The summed E-state index contributed by atoms with van der Waals surface area (Å²) in [6, 6.07) is 12.5. The van der Waals surface area contributed by atoms with Crippen molar-refractivity contribution in [1.82, 2.24) is 9.80 Å². The lowest BCUT2D eigenvalue weighted by Gasteiger charge is -2.49. The van der Waals surface area contributed by atoms with Crippen molar-refractivity contribution in [3.8, 4) is 0 Å². The van der Waals surface area contributed by atoms with Crippen LogP contribution in [0.4, 0.5) is 0 Å². The summed E-state index contributed by atoms with van der Waals surface area (Å²) in [5.41, 5.74) is 1.36. The van der Waals surface area contributed by atoms with Crippen LogP contribution in [-0.4, -0.2) is 46.8 Å². The lowest BCUT2D eigenvalue weighted by molar-refractivity contribution is 0.0108. The number of hydrogen-bond donors (Lipinski definition) is 0. The van der Waals surface area contributed by atoms with Gasteiger partial charge in [-0.1, -0.05) is 30.7 Å². The van der Waals surface area contributed by atoms with Crippen LogP contribution in [0.1, 0.15) is 52.8 Å². The number of carbonyl (C=O) groups excluding carboxylic acids is 2. The van der Waals surface area contributed by atoms with Crippen LogP contribution >= 0.6 is 0 Å². The Kier molecular flexibility index (Phi) is 3.26. The average molecular weight is 334 g/mol. The fraction of sp³-hybridized carbons (Fsp3) is 0.429. The lowest BCUT2D eigenvalue weighted by Crippen LogP contribution is -2.58. The van der Waals surface area contributed by atoms with E-state index in [0.717, 1.165) is 23.6 Å². The third-order valence-electron chi connectivity index (χ3n) is 6.48. The first-order valence-corrected chi connectivity index (χ1v) is 9.26. The smallest absolute Gasteiger partial charge is 0.261 e. The Labute approximate surface area is 147 Å². The first-order valence-electron chi connectivity index (χ1n) is 9.26. The quantitative estimate of drug-likeness (QED) is 0.750. The van der Waals surface area contributed by atoms with E-state index in [1.807, 2.05) is 36.4 Å². The molecule has 5 rings (SSSR count). The highest BCUT2D eigenvalue weighted by atomic mass is 16.2. The molecule has 0 radical (unpaired) electrons. The fourth-order valence-corrected chi connectivity index (χ4v) is 5.18. The summed E-state index contributed by atoms with van der Waals surface area (Å²) in [6.07, 6.45) is 5.42. The normalized spacial score (nSPS) is 29.3. The number of amides is 2. The van der Waals surface area contributed by atoms with Crippen LogP contribution in [0.15, 0.2) is 36.4 Å². The number of rotatable bonds is 1. The number of piperidine rings is 2. The summed E-state index contributed by atoms with van der Waals surface area (Å²) in [5, 5.41) is 1.79.